The fourth-order valence-corrected chi connectivity index (χ4v) is 2.48. The molecule has 94 valence electrons. The molecule has 0 aliphatic carbocycles. The van der Waals surface area contributed by atoms with E-state index in [0.717, 1.165) is 30.0 Å². The maximum Gasteiger partial charge on any atom is 0.0593 e. The number of hydrogen-bond donors (Lipinski definition) is 2. The summed E-state index contributed by atoms with van der Waals surface area (Å²) in [6.45, 7) is 0.873. The van der Waals surface area contributed by atoms with E-state index in [1.807, 2.05) is 24.3 Å². The van der Waals surface area contributed by atoms with Gasteiger partial charge in [0.15, 0.2) is 0 Å². The molecule has 1 aromatic carbocycles. The molecule has 17 heavy (non-hydrogen) atoms. The standard InChI is InChI=1S/C13H19ClN2O/c14-11-5-3-4-10(8-11)13(16-15)9-12-6-1-2-7-17-12/h3-5,8,12-13,16H,1-2,6-7,9,15H2. The molecule has 2 unspecified atom stereocenters. The van der Waals surface area contributed by atoms with Crippen molar-refractivity contribution < 1.29 is 4.74 Å². The van der Waals surface area contributed by atoms with E-state index < -0.39 is 0 Å². The van der Waals surface area contributed by atoms with Crippen molar-refractivity contribution in [1.29, 1.82) is 0 Å². The molecule has 0 radical (unpaired) electrons. The molecule has 1 aliphatic heterocycles. The SMILES string of the molecule is NNC(CC1CCCCO1)c1cccc(Cl)c1. The third-order valence-electron chi connectivity index (χ3n) is 3.22. The zero-order chi connectivity index (χ0) is 12.1. The van der Waals surface area contributed by atoms with Gasteiger partial charge in [0, 0.05) is 17.7 Å². The lowest BCUT2D eigenvalue weighted by molar-refractivity contribution is 0.00502. The summed E-state index contributed by atoms with van der Waals surface area (Å²) >= 11 is 5.99. The van der Waals surface area contributed by atoms with Crippen molar-refractivity contribution in [2.45, 2.75) is 37.8 Å². The van der Waals surface area contributed by atoms with Crippen molar-refractivity contribution in [3.63, 3.8) is 0 Å². The molecule has 1 heterocycles. The molecule has 0 aromatic heterocycles. The van der Waals surface area contributed by atoms with Gasteiger partial charge in [0.2, 0.25) is 0 Å². The number of rotatable bonds is 4. The van der Waals surface area contributed by atoms with Crippen LogP contribution in [0.4, 0.5) is 0 Å². The van der Waals surface area contributed by atoms with Gasteiger partial charge in [-0.3, -0.25) is 11.3 Å². The number of hydrazine groups is 1. The lowest BCUT2D eigenvalue weighted by Crippen LogP contribution is -2.32. The van der Waals surface area contributed by atoms with Gasteiger partial charge in [0.25, 0.3) is 0 Å². The normalized spacial score (nSPS) is 22.4. The van der Waals surface area contributed by atoms with Gasteiger partial charge in [-0.1, -0.05) is 23.7 Å². The Labute approximate surface area is 107 Å². The van der Waals surface area contributed by atoms with Crippen molar-refractivity contribution in [2.75, 3.05) is 6.61 Å². The summed E-state index contributed by atoms with van der Waals surface area (Å²) in [5.41, 5.74) is 3.97. The molecule has 4 heteroatoms. The third kappa shape index (κ3) is 3.68. The van der Waals surface area contributed by atoms with Crippen molar-refractivity contribution in [1.82, 2.24) is 5.43 Å². The monoisotopic (exact) mass is 254 g/mol. The molecule has 0 bridgehead atoms. The van der Waals surface area contributed by atoms with Crippen LogP contribution in [-0.2, 0) is 4.74 Å². The fraction of sp³-hybridized carbons (Fsp3) is 0.538. The number of ether oxygens (including phenoxy) is 1. The van der Waals surface area contributed by atoms with Crippen LogP contribution in [0.15, 0.2) is 24.3 Å². The first-order valence-electron chi connectivity index (χ1n) is 6.13. The first-order valence-corrected chi connectivity index (χ1v) is 6.50. The second-order valence-electron chi connectivity index (χ2n) is 4.50. The maximum absolute atomic E-state index is 5.99. The molecule has 2 atom stereocenters. The maximum atomic E-state index is 5.99. The molecule has 0 spiro atoms. The Morgan fingerprint density at radius 3 is 3.00 bits per heavy atom. The van der Waals surface area contributed by atoms with Crippen LogP contribution in [0.1, 0.15) is 37.3 Å². The van der Waals surface area contributed by atoms with Gasteiger partial charge >= 0.3 is 0 Å². The Morgan fingerprint density at radius 2 is 2.35 bits per heavy atom. The van der Waals surface area contributed by atoms with Crippen molar-refractivity contribution >= 4 is 11.6 Å². The number of hydrogen-bond acceptors (Lipinski definition) is 3. The van der Waals surface area contributed by atoms with Gasteiger partial charge in [0.05, 0.1) is 6.10 Å². The number of nitrogens with two attached hydrogens (primary N) is 1. The van der Waals surface area contributed by atoms with E-state index >= 15 is 0 Å². The molecular formula is C13H19ClN2O. The highest BCUT2D eigenvalue weighted by atomic mass is 35.5. The lowest BCUT2D eigenvalue weighted by atomic mass is 9.97. The molecule has 1 fully saturated rings. The Kier molecular flexibility index (Phi) is 4.80. The highest BCUT2D eigenvalue weighted by Gasteiger charge is 2.20. The van der Waals surface area contributed by atoms with E-state index in [9.17, 15) is 0 Å². The number of nitrogens with one attached hydrogen (secondary N) is 1. The van der Waals surface area contributed by atoms with Crippen LogP contribution in [-0.4, -0.2) is 12.7 Å². The highest BCUT2D eigenvalue weighted by Crippen LogP contribution is 2.25. The van der Waals surface area contributed by atoms with Crippen LogP contribution in [0.25, 0.3) is 0 Å². The Balaban J connectivity index is 2.00. The van der Waals surface area contributed by atoms with Crippen LogP contribution >= 0.6 is 11.6 Å². The van der Waals surface area contributed by atoms with Crippen LogP contribution in [0.2, 0.25) is 5.02 Å². The van der Waals surface area contributed by atoms with Gasteiger partial charge in [-0.25, -0.2) is 0 Å². The predicted molar refractivity (Wildman–Crippen MR) is 69.7 cm³/mol. The molecule has 1 aliphatic rings. The average Bonchev–Trinajstić information content (AvgIpc) is 2.37. The molecule has 0 saturated carbocycles. The minimum Gasteiger partial charge on any atom is -0.378 e. The van der Waals surface area contributed by atoms with Gasteiger partial charge in [0.1, 0.15) is 0 Å². The first kappa shape index (κ1) is 12.8. The van der Waals surface area contributed by atoms with E-state index in [1.54, 1.807) is 0 Å². The number of benzene rings is 1. The highest BCUT2D eigenvalue weighted by molar-refractivity contribution is 6.30. The summed E-state index contributed by atoms with van der Waals surface area (Å²) < 4.78 is 5.73. The van der Waals surface area contributed by atoms with Gasteiger partial charge in [-0.15, -0.1) is 0 Å². The van der Waals surface area contributed by atoms with E-state index in [1.165, 1.54) is 12.8 Å². The largest absolute Gasteiger partial charge is 0.378 e. The van der Waals surface area contributed by atoms with Gasteiger partial charge in [-0.05, 0) is 43.4 Å². The van der Waals surface area contributed by atoms with Gasteiger partial charge < -0.3 is 4.74 Å². The van der Waals surface area contributed by atoms with Crippen molar-refractivity contribution in [2.24, 2.45) is 5.84 Å². The van der Waals surface area contributed by atoms with Crippen molar-refractivity contribution in [3.05, 3.63) is 34.9 Å². The fourth-order valence-electron chi connectivity index (χ4n) is 2.28. The second kappa shape index (κ2) is 6.36. The van der Waals surface area contributed by atoms with Crippen molar-refractivity contribution in [3.8, 4) is 0 Å². The third-order valence-corrected chi connectivity index (χ3v) is 3.46. The van der Waals surface area contributed by atoms with Crippen LogP contribution < -0.4 is 11.3 Å². The zero-order valence-electron chi connectivity index (χ0n) is 9.86. The predicted octanol–water partition coefficient (Wildman–Crippen LogP) is 2.80. The van der Waals surface area contributed by atoms with Crippen LogP contribution in [0.3, 0.4) is 0 Å². The Bertz CT molecular complexity index is 353. The van der Waals surface area contributed by atoms with E-state index in [2.05, 4.69) is 5.43 Å². The van der Waals surface area contributed by atoms with E-state index in [-0.39, 0.29) is 6.04 Å². The minimum atomic E-state index is 0.108. The molecule has 3 nitrogen and oxygen atoms in total. The van der Waals surface area contributed by atoms with Gasteiger partial charge in [-0.2, -0.15) is 0 Å². The summed E-state index contributed by atoms with van der Waals surface area (Å²) in [7, 11) is 0. The summed E-state index contributed by atoms with van der Waals surface area (Å²) in [5.74, 6) is 5.62. The second-order valence-corrected chi connectivity index (χ2v) is 4.93. The molecule has 2 rings (SSSR count). The smallest absolute Gasteiger partial charge is 0.0593 e. The Morgan fingerprint density at radius 1 is 1.47 bits per heavy atom. The molecule has 1 saturated heterocycles. The number of halogens is 1. The van der Waals surface area contributed by atoms with E-state index in [0.29, 0.717) is 6.10 Å². The summed E-state index contributed by atoms with van der Waals surface area (Å²) in [4.78, 5) is 0. The quantitative estimate of drug-likeness (QED) is 0.642. The molecule has 3 N–H and O–H groups in total. The summed E-state index contributed by atoms with van der Waals surface area (Å²) in [5, 5.41) is 0.743. The molecular weight excluding hydrogens is 236 g/mol. The van der Waals surface area contributed by atoms with E-state index in [4.69, 9.17) is 22.2 Å². The topological polar surface area (TPSA) is 47.3 Å². The van der Waals surface area contributed by atoms with Crippen LogP contribution in [0, 0.1) is 0 Å². The zero-order valence-corrected chi connectivity index (χ0v) is 10.6. The minimum absolute atomic E-state index is 0.108. The first-order chi connectivity index (χ1) is 8.29. The average molecular weight is 255 g/mol. The molecule has 0 amide bonds. The summed E-state index contributed by atoms with van der Waals surface area (Å²) in [6.07, 6.45) is 4.75. The van der Waals surface area contributed by atoms with Crippen LogP contribution in [0.5, 0.6) is 0 Å². The Hall–Kier alpha value is -0.610. The molecule has 1 aromatic rings. The lowest BCUT2D eigenvalue weighted by Gasteiger charge is -2.27. The summed E-state index contributed by atoms with van der Waals surface area (Å²) in [6, 6.07) is 7.92.